The molecule has 25 heavy (non-hydrogen) atoms. The minimum absolute atomic E-state index is 0.00612. The van der Waals surface area contributed by atoms with Crippen molar-refractivity contribution in [2.24, 2.45) is 0 Å². The number of nitrogens with zero attached hydrogens (tertiary/aromatic N) is 2. The number of carbonyl (C=O) groups is 1. The maximum Gasteiger partial charge on any atom is 0.268 e. The van der Waals surface area contributed by atoms with E-state index in [1.54, 1.807) is 0 Å². The molecule has 0 saturated heterocycles. The molecule has 6 heteroatoms. The number of benzene rings is 1. The highest BCUT2D eigenvalue weighted by atomic mass is 79.9. The monoisotopic (exact) mass is 407 g/mol. The first kappa shape index (κ1) is 18.3. The lowest BCUT2D eigenvalue weighted by Gasteiger charge is -2.40. The Bertz CT molecular complexity index is 676. The van der Waals surface area contributed by atoms with Crippen LogP contribution in [0, 0.1) is 0 Å². The van der Waals surface area contributed by atoms with E-state index in [2.05, 4.69) is 46.1 Å². The van der Waals surface area contributed by atoms with Gasteiger partial charge in [0, 0.05) is 25.7 Å². The van der Waals surface area contributed by atoms with Gasteiger partial charge in [-0.2, -0.15) is 0 Å². The number of para-hydroxylation sites is 1. The van der Waals surface area contributed by atoms with Crippen LogP contribution < -0.4 is 10.1 Å². The van der Waals surface area contributed by atoms with Crippen molar-refractivity contribution < 1.29 is 9.53 Å². The molecule has 1 N–H and O–H groups in total. The number of ether oxygens (including phenoxy) is 1. The highest BCUT2D eigenvalue weighted by Crippen LogP contribution is 2.40. The number of hydrogen-bond acceptors (Lipinski definition) is 4. The zero-order valence-electron chi connectivity index (χ0n) is 15.1. The molecule has 1 amide bonds. The van der Waals surface area contributed by atoms with Gasteiger partial charge in [-0.1, -0.05) is 32.0 Å². The second-order valence-corrected chi connectivity index (χ2v) is 7.38. The third-order valence-corrected chi connectivity index (χ3v) is 5.89. The molecule has 2 aliphatic rings. The molecule has 0 spiro atoms. The van der Waals surface area contributed by atoms with Crippen LogP contribution in [0.4, 0.5) is 0 Å². The van der Waals surface area contributed by atoms with Crippen molar-refractivity contribution in [3.05, 3.63) is 41.1 Å². The molecule has 2 aliphatic heterocycles. The Labute approximate surface area is 158 Å². The predicted octanol–water partition coefficient (Wildman–Crippen LogP) is 3.24. The maximum absolute atomic E-state index is 12.6. The first-order valence-corrected chi connectivity index (χ1v) is 9.86. The third kappa shape index (κ3) is 3.42. The van der Waals surface area contributed by atoms with Crippen LogP contribution in [0.3, 0.4) is 0 Å². The summed E-state index contributed by atoms with van der Waals surface area (Å²) in [4.78, 5) is 17.0. The molecule has 2 heterocycles. The van der Waals surface area contributed by atoms with E-state index in [-0.39, 0.29) is 17.0 Å². The summed E-state index contributed by atoms with van der Waals surface area (Å²) in [5.74, 6) is 0.849. The van der Waals surface area contributed by atoms with E-state index in [1.165, 1.54) is 0 Å². The van der Waals surface area contributed by atoms with E-state index >= 15 is 0 Å². The van der Waals surface area contributed by atoms with Crippen molar-refractivity contribution in [3.8, 4) is 5.75 Å². The Morgan fingerprint density at radius 1 is 1.28 bits per heavy atom. The van der Waals surface area contributed by atoms with Gasteiger partial charge >= 0.3 is 0 Å². The fourth-order valence-electron chi connectivity index (χ4n) is 3.57. The van der Waals surface area contributed by atoms with Gasteiger partial charge in [-0.25, -0.2) is 0 Å². The molecule has 2 atom stereocenters. The summed E-state index contributed by atoms with van der Waals surface area (Å²) in [5.41, 5.74) is 2.95. The summed E-state index contributed by atoms with van der Waals surface area (Å²) in [6, 6.07) is 7.89. The van der Waals surface area contributed by atoms with E-state index in [0.717, 1.165) is 48.5 Å². The van der Waals surface area contributed by atoms with Crippen molar-refractivity contribution in [2.45, 2.75) is 37.8 Å². The van der Waals surface area contributed by atoms with Gasteiger partial charge in [0.1, 0.15) is 16.5 Å². The topological polar surface area (TPSA) is 44.8 Å². The summed E-state index contributed by atoms with van der Waals surface area (Å²) in [6.07, 6.45) is 2.03. The number of nitrogens with one attached hydrogen (secondary N) is 1. The second-order valence-electron chi connectivity index (χ2n) is 6.56. The predicted molar refractivity (Wildman–Crippen MR) is 102 cm³/mol. The highest BCUT2D eigenvalue weighted by molar-refractivity contribution is 9.09. The summed E-state index contributed by atoms with van der Waals surface area (Å²) in [7, 11) is 1.97. The minimum atomic E-state index is -0.127. The number of amides is 1. The van der Waals surface area contributed by atoms with Gasteiger partial charge in [-0.3, -0.25) is 9.69 Å². The molecule has 3 rings (SSSR count). The number of halogens is 1. The summed E-state index contributed by atoms with van der Waals surface area (Å²) in [6.45, 7) is 6.69. The number of hydrogen-bond donors (Lipinski definition) is 1. The largest absolute Gasteiger partial charge is 0.493 e. The van der Waals surface area contributed by atoms with Crippen LogP contribution in [0.2, 0.25) is 0 Å². The molecule has 2 unspecified atom stereocenters. The van der Waals surface area contributed by atoms with E-state index < -0.39 is 0 Å². The zero-order valence-corrected chi connectivity index (χ0v) is 16.7. The summed E-state index contributed by atoms with van der Waals surface area (Å²) in [5, 5.41) is 3.20. The lowest BCUT2D eigenvalue weighted by molar-refractivity contribution is -0.118. The second kappa shape index (κ2) is 7.79. The fourth-order valence-corrected chi connectivity index (χ4v) is 4.12. The normalized spacial score (nSPS) is 23.7. The van der Waals surface area contributed by atoms with Crippen molar-refractivity contribution in [1.82, 2.24) is 15.1 Å². The molecule has 0 aromatic heterocycles. The van der Waals surface area contributed by atoms with Crippen LogP contribution in [0.1, 0.15) is 38.3 Å². The number of alkyl halides is 1. The number of rotatable bonds is 6. The van der Waals surface area contributed by atoms with Gasteiger partial charge < -0.3 is 15.0 Å². The number of carbonyl (C=O) groups excluding carboxylic acids is 1. The third-order valence-electron chi connectivity index (χ3n) is 4.69. The molecule has 0 bridgehead atoms. The van der Waals surface area contributed by atoms with Crippen LogP contribution in [0.5, 0.6) is 5.75 Å². The Balaban J connectivity index is 1.97. The first-order valence-electron chi connectivity index (χ1n) is 8.95. The molecule has 0 saturated carbocycles. The molecule has 1 aromatic rings. The van der Waals surface area contributed by atoms with E-state index in [0.29, 0.717) is 6.61 Å². The molecule has 5 nitrogen and oxygen atoms in total. The average molecular weight is 408 g/mol. The average Bonchev–Trinajstić information content (AvgIpc) is 2.94. The van der Waals surface area contributed by atoms with Gasteiger partial charge in [0.05, 0.1) is 12.6 Å². The smallest absolute Gasteiger partial charge is 0.268 e. The van der Waals surface area contributed by atoms with E-state index in [9.17, 15) is 4.79 Å². The van der Waals surface area contributed by atoms with Gasteiger partial charge in [0.25, 0.3) is 5.91 Å². The van der Waals surface area contributed by atoms with Crippen molar-refractivity contribution >= 4 is 21.8 Å². The van der Waals surface area contributed by atoms with Crippen LogP contribution in [0.25, 0.3) is 0 Å². The number of likely N-dealkylation sites (N-methyl/N-ethyl adjacent to an activating group) is 1. The lowest BCUT2D eigenvalue weighted by Crippen LogP contribution is -2.48. The Hall–Kier alpha value is -1.53. The molecule has 0 radical (unpaired) electrons. The van der Waals surface area contributed by atoms with Gasteiger partial charge in [0.15, 0.2) is 0 Å². The van der Waals surface area contributed by atoms with Crippen LogP contribution >= 0.6 is 15.9 Å². The molecular formula is C19H26BrN3O2. The summed E-state index contributed by atoms with van der Waals surface area (Å²) >= 11 is 3.72. The lowest BCUT2D eigenvalue weighted by atomic mass is 9.97. The Morgan fingerprint density at radius 3 is 2.76 bits per heavy atom. The fraction of sp³-hybridized carbons (Fsp3) is 0.526. The molecular weight excluding hydrogens is 382 g/mol. The van der Waals surface area contributed by atoms with Crippen LogP contribution in [-0.4, -0.2) is 47.5 Å². The SMILES string of the molecule is CCCOc1ccccc1C1NC(=O)C2=C1CN(CCC)C(Br)N2C. The van der Waals surface area contributed by atoms with Crippen molar-refractivity contribution in [3.63, 3.8) is 0 Å². The van der Waals surface area contributed by atoms with E-state index in [1.807, 2.05) is 30.1 Å². The van der Waals surface area contributed by atoms with Crippen LogP contribution in [0.15, 0.2) is 35.5 Å². The highest BCUT2D eigenvalue weighted by Gasteiger charge is 2.42. The van der Waals surface area contributed by atoms with Crippen LogP contribution in [-0.2, 0) is 4.79 Å². The first-order chi connectivity index (χ1) is 12.1. The Kier molecular flexibility index (Phi) is 5.69. The zero-order chi connectivity index (χ0) is 18.0. The van der Waals surface area contributed by atoms with Gasteiger partial charge in [-0.15, -0.1) is 0 Å². The molecule has 136 valence electrons. The molecule has 0 fully saturated rings. The maximum atomic E-state index is 12.6. The summed E-state index contributed by atoms with van der Waals surface area (Å²) < 4.78 is 5.93. The molecule has 0 aliphatic carbocycles. The van der Waals surface area contributed by atoms with Gasteiger partial charge in [0.2, 0.25) is 0 Å². The quantitative estimate of drug-likeness (QED) is 0.580. The van der Waals surface area contributed by atoms with Gasteiger partial charge in [-0.05, 0) is 40.4 Å². The standard InChI is InChI=1S/C19H26BrN3O2/c1-4-10-23-12-14-16(21-18(24)17(14)22(3)19(23)20)13-8-6-7-9-15(13)25-11-5-2/h6-9,16,19H,4-5,10-12H2,1-3H3,(H,21,24). The van der Waals surface area contributed by atoms with Crippen molar-refractivity contribution in [2.75, 3.05) is 26.7 Å². The van der Waals surface area contributed by atoms with E-state index in [4.69, 9.17) is 4.74 Å². The minimum Gasteiger partial charge on any atom is -0.493 e. The van der Waals surface area contributed by atoms with Crippen molar-refractivity contribution in [1.29, 1.82) is 0 Å². The Morgan fingerprint density at radius 2 is 2.04 bits per heavy atom. The molecule has 1 aromatic carbocycles.